The van der Waals surface area contributed by atoms with Crippen LogP contribution in [0.2, 0.25) is 0 Å². The third kappa shape index (κ3) is 2.76. The van der Waals surface area contributed by atoms with Crippen LogP contribution in [0.3, 0.4) is 0 Å². The zero-order chi connectivity index (χ0) is 14.0. The molecule has 19 heavy (non-hydrogen) atoms. The van der Waals surface area contributed by atoms with Gasteiger partial charge in [0.1, 0.15) is 22.2 Å². The molecule has 1 aromatic heterocycles. The van der Waals surface area contributed by atoms with E-state index in [0.717, 1.165) is 30.6 Å². The number of rotatable bonds is 3. The van der Waals surface area contributed by atoms with Crippen LogP contribution in [-0.4, -0.2) is 18.4 Å². The highest BCUT2D eigenvalue weighted by Crippen LogP contribution is 2.21. The van der Waals surface area contributed by atoms with Gasteiger partial charge in [0.2, 0.25) is 5.95 Å². The Morgan fingerprint density at radius 3 is 2.16 bits per heavy atom. The van der Waals surface area contributed by atoms with Crippen LogP contribution < -0.4 is 10.5 Å². The molecule has 1 heterocycles. The highest BCUT2D eigenvalue weighted by atomic mass is 32.2. The summed E-state index contributed by atoms with van der Waals surface area (Å²) in [6.45, 7) is 0. The van der Waals surface area contributed by atoms with Gasteiger partial charge in [0, 0.05) is 0 Å². The topological polar surface area (TPSA) is 98.0 Å². The van der Waals surface area contributed by atoms with Gasteiger partial charge in [-0.1, -0.05) is 6.07 Å². The Kier molecular flexibility index (Phi) is 3.30. The molecular weight excluding hydrogens is 278 g/mol. The fourth-order valence-corrected chi connectivity index (χ4v) is 2.22. The number of benzene rings is 1. The number of hydrogen-bond acceptors (Lipinski definition) is 5. The standard InChI is InChI=1S/C10H8F2N4O2S/c11-7-2-1-3-8(12)9(7)16-19(17,18)6-4-14-10(13)15-5-6/h1-5,16H,(H2,13,14,15). The summed E-state index contributed by atoms with van der Waals surface area (Å²) in [5.41, 5.74) is 4.45. The summed E-state index contributed by atoms with van der Waals surface area (Å²) < 4.78 is 52.2. The van der Waals surface area contributed by atoms with Crippen LogP contribution in [0, 0.1) is 11.6 Å². The largest absolute Gasteiger partial charge is 0.368 e. The van der Waals surface area contributed by atoms with E-state index in [1.165, 1.54) is 0 Å². The number of halogens is 2. The molecule has 0 saturated heterocycles. The maximum absolute atomic E-state index is 13.3. The minimum absolute atomic E-state index is 0.115. The fraction of sp³-hybridized carbons (Fsp3) is 0. The summed E-state index contributed by atoms with van der Waals surface area (Å²) in [5.74, 6) is -2.17. The molecule has 9 heteroatoms. The zero-order valence-corrected chi connectivity index (χ0v) is 10.2. The molecule has 0 aliphatic carbocycles. The molecule has 0 aliphatic rings. The number of nitrogens with one attached hydrogen (secondary N) is 1. The van der Waals surface area contributed by atoms with Crippen LogP contribution in [0.5, 0.6) is 0 Å². The molecular formula is C10H8F2N4O2S. The van der Waals surface area contributed by atoms with Crippen molar-refractivity contribution in [3.05, 3.63) is 42.2 Å². The van der Waals surface area contributed by atoms with Crippen molar-refractivity contribution >= 4 is 21.7 Å². The third-order valence-electron chi connectivity index (χ3n) is 2.16. The van der Waals surface area contributed by atoms with Gasteiger partial charge in [-0.15, -0.1) is 0 Å². The number of hydrogen-bond donors (Lipinski definition) is 2. The van der Waals surface area contributed by atoms with Gasteiger partial charge < -0.3 is 5.73 Å². The highest BCUT2D eigenvalue weighted by molar-refractivity contribution is 7.92. The number of aromatic nitrogens is 2. The Balaban J connectivity index is 2.39. The van der Waals surface area contributed by atoms with Gasteiger partial charge in [-0.25, -0.2) is 27.2 Å². The lowest BCUT2D eigenvalue weighted by Crippen LogP contribution is -2.16. The summed E-state index contributed by atoms with van der Waals surface area (Å²) in [7, 11) is -4.19. The van der Waals surface area contributed by atoms with Gasteiger partial charge >= 0.3 is 0 Å². The van der Waals surface area contributed by atoms with Crippen molar-refractivity contribution in [3.8, 4) is 0 Å². The second-order valence-corrected chi connectivity index (χ2v) is 5.16. The summed E-state index contributed by atoms with van der Waals surface area (Å²) in [5, 5.41) is 0. The second kappa shape index (κ2) is 4.76. The van der Waals surface area contributed by atoms with Crippen LogP contribution in [-0.2, 0) is 10.0 Å². The lowest BCUT2D eigenvalue weighted by atomic mass is 10.3. The van der Waals surface area contributed by atoms with Crippen LogP contribution in [0.4, 0.5) is 20.4 Å². The summed E-state index contributed by atoms with van der Waals surface area (Å²) >= 11 is 0. The SMILES string of the molecule is Nc1ncc(S(=O)(=O)Nc2c(F)cccc2F)cn1. The van der Waals surface area contributed by atoms with Crippen LogP contribution >= 0.6 is 0 Å². The smallest absolute Gasteiger partial charge is 0.265 e. The first-order chi connectivity index (χ1) is 8.90. The molecule has 0 atom stereocenters. The minimum atomic E-state index is -4.19. The normalized spacial score (nSPS) is 11.3. The molecule has 2 rings (SSSR count). The first-order valence-corrected chi connectivity index (χ1v) is 6.43. The highest BCUT2D eigenvalue weighted by Gasteiger charge is 2.19. The zero-order valence-electron chi connectivity index (χ0n) is 9.34. The first kappa shape index (κ1) is 13.1. The van der Waals surface area contributed by atoms with Gasteiger partial charge in [-0.3, -0.25) is 4.72 Å². The molecule has 3 N–H and O–H groups in total. The summed E-state index contributed by atoms with van der Waals surface area (Å²) in [6, 6.07) is 2.98. The number of nitrogens with two attached hydrogens (primary N) is 1. The third-order valence-corrected chi connectivity index (χ3v) is 3.46. The first-order valence-electron chi connectivity index (χ1n) is 4.94. The van der Waals surface area contributed by atoms with Crippen molar-refractivity contribution in [1.29, 1.82) is 0 Å². The maximum Gasteiger partial charge on any atom is 0.265 e. The van der Waals surface area contributed by atoms with E-state index in [0.29, 0.717) is 0 Å². The van der Waals surface area contributed by atoms with E-state index in [4.69, 9.17) is 5.73 Å². The molecule has 100 valence electrons. The van der Waals surface area contributed by atoms with Crippen molar-refractivity contribution < 1.29 is 17.2 Å². The Hall–Kier alpha value is -2.29. The predicted molar refractivity (Wildman–Crippen MR) is 63.6 cm³/mol. The van der Waals surface area contributed by atoms with E-state index in [1.807, 2.05) is 0 Å². The summed E-state index contributed by atoms with van der Waals surface area (Å²) in [6.07, 6.45) is 1.87. The van der Waals surface area contributed by atoms with E-state index in [-0.39, 0.29) is 10.8 Å². The molecule has 0 saturated carbocycles. The van der Waals surface area contributed by atoms with Crippen molar-refractivity contribution in [1.82, 2.24) is 9.97 Å². The molecule has 2 aromatic rings. The molecule has 1 aromatic carbocycles. The van der Waals surface area contributed by atoms with Crippen molar-refractivity contribution in [2.24, 2.45) is 0 Å². The molecule has 0 radical (unpaired) electrons. The minimum Gasteiger partial charge on any atom is -0.368 e. The Labute approximate surface area is 107 Å². The number of nitrogen functional groups attached to an aromatic ring is 1. The fourth-order valence-electron chi connectivity index (χ4n) is 1.25. The van der Waals surface area contributed by atoms with Crippen LogP contribution in [0.25, 0.3) is 0 Å². The molecule has 0 spiro atoms. The lowest BCUT2D eigenvalue weighted by Gasteiger charge is -2.09. The Morgan fingerprint density at radius 1 is 1.11 bits per heavy atom. The predicted octanol–water partition coefficient (Wildman–Crippen LogP) is 1.14. The van der Waals surface area contributed by atoms with Gasteiger partial charge in [0.25, 0.3) is 10.0 Å². The van der Waals surface area contributed by atoms with E-state index in [2.05, 4.69) is 9.97 Å². The van der Waals surface area contributed by atoms with Gasteiger partial charge in [0.15, 0.2) is 0 Å². The average Bonchev–Trinajstić information content (AvgIpc) is 2.35. The van der Waals surface area contributed by atoms with E-state index < -0.39 is 27.3 Å². The second-order valence-electron chi connectivity index (χ2n) is 3.48. The number of para-hydroxylation sites is 1. The Morgan fingerprint density at radius 2 is 1.63 bits per heavy atom. The lowest BCUT2D eigenvalue weighted by molar-refractivity contribution is 0.582. The Bertz CT molecular complexity index is 684. The maximum atomic E-state index is 13.3. The quantitative estimate of drug-likeness (QED) is 0.881. The van der Waals surface area contributed by atoms with Crippen LogP contribution in [0.15, 0.2) is 35.5 Å². The molecule has 0 aliphatic heterocycles. The molecule has 6 nitrogen and oxygen atoms in total. The molecule has 0 fully saturated rings. The van der Waals surface area contributed by atoms with E-state index in [9.17, 15) is 17.2 Å². The van der Waals surface area contributed by atoms with E-state index >= 15 is 0 Å². The molecule has 0 amide bonds. The van der Waals surface area contributed by atoms with E-state index in [1.54, 1.807) is 4.72 Å². The van der Waals surface area contributed by atoms with Crippen molar-refractivity contribution in [2.75, 3.05) is 10.5 Å². The van der Waals surface area contributed by atoms with Gasteiger partial charge in [-0.2, -0.15) is 0 Å². The molecule has 0 bridgehead atoms. The van der Waals surface area contributed by atoms with Crippen molar-refractivity contribution in [2.45, 2.75) is 4.90 Å². The van der Waals surface area contributed by atoms with Gasteiger partial charge in [0.05, 0.1) is 12.4 Å². The number of nitrogens with zero attached hydrogens (tertiary/aromatic N) is 2. The monoisotopic (exact) mass is 286 g/mol. The van der Waals surface area contributed by atoms with Gasteiger partial charge in [-0.05, 0) is 12.1 Å². The average molecular weight is 286 g/mol. The van der Waals surface area contributed by atoms with Crippen molar-refractivity contribution in [3.63, 3.8) is 0 Å². The number of anilines is 2. The van der Waals surface area contributed by atoms with Crippen LogP contribution in [0.1, 0.15) is 0 Å². The number of sulfonamides is 1. The molecule has 0 unspecified atom stereocenters. The summed E-state index contributed by atoms with van der Waals surface area (Å²) in [4.78, 5) is 6.63.